The van der Waals surface area contributed by atoms with Crippen LogP contribution in [-0.2, 0) is 16.2 Å². The van der Waals surface area contributed by atoms with E-state index in [1.807, 2.05) is 87.5 Å². The van der Waals surface area contributed by atoms with E-state index in [1.54, 1.807) is 0 Å². The molecule has 0 saturated carbocycles. The van der Waals surface area contributed by atoms with Gasteiger partial charge in [-0.15, -0.1) is 0 Å². The molecule has 0 heterocycles. The number of nitrogens with zero attached hydrogens (tertiary/aromatic N) is 1. The van der Waals surface area contributed by atoms with Crippen LogP contribution in [0.25, 0.3) is 0 Å². The number of para-hydroxylation sites is 1. The molecule has 0 spiro atoms. The van der Waals surface area contributed by atoms with Crippen LogP contribution in [0.5, 0.6) is 5.75 Å². The van der Waals surface area contributed by atoms with Crippen LogP contribution in [0.3, 0.4) is 0 Å². The van der Waals surface area contributed by atoms with Crippen molar-refractivity contribution < 1.29 is 14.3 Å². The number of rotatable bonds is 8. The Balaban J connectivity index is 1.52. The van der Waals surface area contributed by atoms with E-state index in [-0.39, 0.29) is 6.42 Å². The van der Waals surface area contributed by atoms with Gasteiger partial charge in [0.2, 0.25) is 11.8 Å². The molecule has 0 aliphatic rings. The van der Waals surface area contributed by atoms with Crippen LogP contribution < -0.4 is 15.5 Å². The first-order chi connectivity index (χ1) is 15.4. The van der Waals surface area contributed by atoms with Crippen molar-refractivity contribution in [2.75, 3.05) is 5.32 Å². The van der Waals surface area contributed by atoms with Gasteiger partial charge in [-0.05, 0) is 50.1 Å². The van der Waals surface area contributed by atoms with Gasteiger partial charge in [0, 0.05) is 11.3 Å². The predicted octanol–water partition coefficient (Wildman–Crippen LogP) is 4.67. The van der Waals surface area contributed by atoms with Crippen LogP contribution in [0.15, 0.2) is 71.8 Å². The highest BCUT2D eigenvalue weighted by molar-refractivity contribution is 6.04. The zero-order valence-corrected chi connectivity index (χ0v) is 18.5. The Morgan fingerprint density at radius 2 is 1.62 bits per heavy atom. The summed E-state index contributed by atoms with van der Waals surface area (Å²) in [7, 11) is 0. The Hall–Kier alpha value is -3.93. The zero-order valence-electron chi connectivity index (χ0n) is 18.5. The maximum Gasteiger partial charge on any atom is 0.249 e. The van der Waals surface area contributed by atoms with Crippen LogP contribution >= 0.6 is 0 Å². The van der Waals surface area contributed by atoms with Crippen molar-refractivity contribution in [3.05, 3.63) is 94.5 Å². The maximum absolute atomic E-state index is 12.1. The lowest BCUT2D eigenvalue weighted by Crippen LogP contribution is -2.24. The summed E-state index contributed by atoms with van der Waals surface area (Å²) in [5.74, 6) is -0.244. The van der Waals surface area contributed by atoms with Crippen molar-refractivity contribution in [1.82, 2.24) is 5.43 Å². The molecule has 0 bridgehead atoms. The zero-order chi connectivity index (χ0) is 22.9. The fourth-order valence-corrected chi connectivity index (χ4v) is 3.07. The van der Waals surface area contributed by atoms with Gasteiger partial charge in [0.05, 0.1) is 6.21 Å². The molecule has 0 aliphatic heterocycles. The highest BCUT2D eigenvalue weighted by atomic mass is 16.5. The van der Waals surface area contributed by atoms with E-state index in [0.717, 1.165) is 22.3 Å². The number of nitrogens with one attached hydrogen (secondary N) is 2. The second kappa shape index (κ2) is 10.9. The van der Waals surface area contributed by atoms with Crippen molar-refractivity contribution in [3.63, 3.8) is 0 Å². The minimum atomic E-state index is -0.499. The molecule has 2 amide bonds. The number of benzene rings is 3. The SMILES string of the molecule is Cc1ccc(COc2ccccc2C=NNC(=O)CC(=O)Nc2ccc(C)cc2C)cc1. The van der Waals surface area contributed by atoms with Crippen molar-refractivity contribution in [1.29, 1.82) is 0 Å². The number of anilines is 1. The van der Waals surface area contributed by atoms with E-state index in [2.05, 4.69) is 15.8 Å². The smallest absolute Gasteiger partial charge is 0.249 e. The number of hydrogen-bond acceptors (Lipinski definition) is 4. The second-order valence-corrected chi connectivity index (χ2v) is 7.65. The van der Waals surface area contributed by atoms with Gasteiger partial charge in [-0.3, -0.25) is 9.59 Å². The molecular weight excluding hydrogens is 402 g/mol. The van der Waals surface area contributed by atoms with Gasteiger partial charge >= 0.3 is 0 Å². The molecule has 0 aromatic heterocycles. The van der Waals surface area contributed by atoms with E-state index in [1.165, 1.54) is 11.8 Å². The summed E-state index contributed by atoms with van der Waals surface area (Å²) in [4.78, 5) is 24.2. The van der Waals surface area contributed by atoms with Gasteiger partial charge in [0.1, 0.15) is 18.8 Å². The normalized spacial score (nSPS) is 10.7. The van der Waals surface area contributed by atoms with Gasteiger partial charge < -0.3 is 10.1 Å². The van der Waals surface area contributed by atoms with E-state index in [9.17, 15) is 9.59 Å². The molecule has 32 heavy (non-hydrogen) atoms. The molecule has 0 radical (unpaired) electrons. The lowest BCUT2D eigenvalue weighted by atomic mass is 10.1. The first-order valence-corrected chi connectivity index (χ1v) is 10.4. The molecule has 3 aromatic carbocycles. The van der Waals surface area contributed by atoms with Crippen molar-refractivity contribution in [2.24, 2.45) is 5.10 Å². The summed E-state index contributed by atoms with van der Waals surface area (Å²) in [6, 6.07) is 21.2. The fourth-order valence-electron chi connectivity index (χ4n) is 3.07. The molecule has 0 fully saturated rings. The second-order valence-electron chi connectivity index (χ2n) is 7.65. The minimum Gasteiger partial charge on any atom is -0.488 e. The third-order valence-corrected chi connectivity index (χ3v) is 4.80. The van der Waals surface area contributed by atoms with E-state index in [4.69, 9.17) is 4.74 Å². The van der Waals surface area contributed by atoms with Crippen LogP contribution in [-0.4, -0.2) is 18.0 Å². The summed E-state index contributed by atoms with van der Waals surface area (Å²) < 4.78 is 5.90. The number of carbonyl (C=O) groups excluding carboxylic acids is 2. The highest BCUT2D eigenvalue weighted by Gasteiger charge is 2.10. The lowest BCUT2D eigenvalue weighted by molar-refractivity contribution is -0.126. The minimum absolute atomic E-state index is 0.323. The summed E-state index contributed by atoms with van der Waals surface area (Å²) >= 11 is 0. The quantitative estimate of drug-likeness (QED) is 0.310. The summed E-state index contributed by atoms with van der Waals surface area (Å²) in [5.41, 5.74) is 8.11. The number of hydrogen-bond donors (Lipinski definition) is 2. The molecular formula is C26H27N3O3. The molecule has 0 saturated heterocycles. The maximum atomic E-state index is 12.1. The fraction of sp³-hybridized carbons (Fsp3) is 0.192. The average Bonchev–Trinajstić information content (AvgIpc) is 2.76. The van der Waals surface area contributed by atoms with Crippen LogP contribution in [0.4, 0.5) is 5.69 Å². The molecule has 164 valence electrons. The molecule has 6 heteroatoms. The average molecular weight is 430 g/mol. The number of amides is 2. The summed E-state index contributed by atoms with van der Waals surface area (Å²) in [6.45, 7) is 6.36. The van der Waals surface area contributed by atoms with E-state index in [0.29, 0.717) is 18.0 Å². The van der Waals surface area contributed by atoms with Gasteiger partial charge in [0.25, 0.3) is 0 Å². The molecule has 0 atom stereocenters. The summed E-state index contributed by atoms with van der Waals surface area (Å²) in [6.07, 6.45) is 1.18. The standard InChI is InChI=1S/C26H27N3O3/c1-18-8-11-21(12-9-18)17-32-24-7-5-4-6-22(24)16-27-29-26(31)15-25(30)28-23-13-10-19(2)14-20(23)3/h4-14,16H,15,17H2,1-3H3,(H,28,30)(H,29,31). The first-order valence-electron chi connectivity index (χ1n) is 10.4. The van der Waals surface area contributed by atoms with Crippen molar-refractivity contribution >= 4 is 23.7 Å². The topological polar surface area (TPSA) is 79.8 Å². The molecule has 3 aromatic rings. The van der Waals surface area contributed by atoms with Gasteiger partial charge in [0.15, 0.2) is 0 Å². The van der Waals surface area contributed by atoms with Crippen molar-refractivity contribution in [2.45, 2.75) is 33.8 Å². The van der Waals surface area contributed by atoms with E-state index < -0.39 is 11.8 Å². The van der Waals surface area contributed by atoms with Gasteiger partial charge in [-0.25, -0.2) is 5.43 Å². The lowest BCUT2D eigenvalue weighted by Gasteiger charge is -2.09. The third-order valence-electron chi connectivity index (χ3n) is 4.80. The number of ether oxygens (including phenoxy) is 1. The Morgan fingerprint density at radius 3 is 2.38 bits per heavy atom. The molecule has 6 nitrogen and oxygen atoms in total. The molecule has 3 rings (SSSR count). The van der Waals surface area contributed by atoms with Crippen molar-refractivity contribution in [3.8, 4) is 5.75 Å². The number of aryl methyl sites for hydroxylation is 3. The Kier molecular flexibility index (Phi) is 7.75. The molecule has 0 aliphatic carbocycles. The number of hydrazone groups is 1. The van der Waals surface area contributed by atoms with Gasteiger partial charge in [-0.2, -0.15) is 5.10 Å². The number of carbonyl (C=O) groups is 2. The van der Waals surface area contributed by atoms with Crippen LogP contribution in [0, 0.1) is 20.8 Å². The first kappa shape index (κ1) is 22.7. The molecule has 0 unspecified atom stereocenters. The Labute approximate surface area is 188 Å². The Bertz CT molecular complexity index is 1120. The Morgan fingerprint density at radius 1 is 0.906 bits per heavy atom. The molecule has 2 N–H and O–H groups in total. The monoisotopic (exact) mass is 429 g/mol. The van der Waals surface area contributed by atoms with E-state index >= 15 is 0 Å². The van der Waals surface area contributed by atoms with Crippen LogP contribution in [0.2, 0.25) is 0 Å². The third kappa shape index (κ3) is 6.80. The largest absolute Gasteiger partial charge is 0.488 e. The van der Waals surface area contributed by atoms with Crippen LogP contribution in [0.1, 0.15) is 34.2 Å². The highest BCUT2D eigenvalue weighted by Crippen LogP contribution is 2.18. The van der Waals surface area contributed by atoms with Gasteiger partial charge in [-0.1, -0.05) is 59.7 Å². The summed E-state index contributed by atoms with van der Waals surface area (Å²) in [5, 5.41) is 6.72. The predicted molar refractivity (Wildman–Crippen MR) is 127 cm³/mol.